The Morgan fingerprint density at radius 1 is 1.00 bits per heavy atom. The molecule has 1 aromatic rings. The van der Waals surface area contributed by atoms with Crippen LogP contribution >= 0.6 is 0 Å². The fourth-order valence-corrected chi connectivity index (χ4v) is 2.63. The number of hydrogen-bond acceptors (Lipinski definition) is 4. The van der Waals surface area contributed by atoms with E-state index in [0.717, 1.165) is 12.8 Å². The van der Waals surface area contributed by atoms with Crippen LogP contribution in [0.3, 0.4) is 0 Å². The number of benzene rings is 1. The van der Waals surface area contributed by atoms with Crippen LogP contribution in [0.25, 0.3) is 0 Å². The number of nitrogens with zero attached hydrogens (tertiary/aromatic N) is 1. The van der Waals surface area contributed by atoms with Crippen LogP contribution < -0.4 is 0 Å². The van der Waals surface area contributed by atoms with Gasteiger partial charge in [0.15, 0.2) is 0 Å². The molecule has 21 heavy (non-hydrogen) atoms. The topological polar surface area (TPSA) is 63.7 Å². The van der Waals surface area contributed by atoms with E-state index in [0.29, 0.717) is 17.9 Å². The lowest BCUT2D eigenvalue weighted by atomic mass is 10.0. The first-order valence-corrected chi connectivity index (χ1v) is 7.03. The van der Waals surface area contributed by atoms with Crippen molar-refractivity contribution in [1.82, 2.24) is 5.06 Å². The van der Waals surface area contributed by atoms with Gasteiger partial charge in [0.1, 0.15) is 0 Å². The van der Waals surface area contributed by atoms with Crippen molar-refractivity contribution in [3.8, 4) is 0 Å². The van der Waals surface area contributed by atoms with E-state index >= 15 is 0 Å². The minimum atomic E-state index is -0.573. The zero-order chi connectivity index (χ0) is 14.8. The van der Waals surface area contributed by atoms with E-state index in [1.165, 1.54) is 0 Å². The number of carbonyl (C=O) groups is 3. The number of amides is 2. The third kappa shape index (κ3) is 2.46. The number of fused-ring (bicyclic) bond motifs is 1. The largest absolute Gasteiger partial charge is 0.336 e. The first-order chi connectivity index (χ1) is 10.2. The highest BCUT2D eigenvalue weighted by Crippen LogP contribution is 2.25. The van der Waals surface area contributed by atoms with Crippen LogP contribution in [0, 0.1) is 5.92 Å². The molecule has 1 aliphatic heterocycles. The molecular weight excluding hydrogens is 270 g/mol. The molecule has 0 radical (unpaired) electrons. The van der Waals surface area contributed by atoms with Gasteiger partial charge in [-0.05, 0) is 37.8 Å². The van der Waals surface area contributed by atoms with E-state index in [-0.39, 0.29) is 17.0 Å². The zero-order valence-corrected chi connectivity index (χ0v) is 11.5. The van der Waals surface area contributed by atoms with Crippen LogP contribution in [0.4, 0.5) is 0 Å². The van der Waals surface area contributed by atoms with Gasteiger partial charge in [-0.3, -0.25) is 9.59 Å². The van der Waals surface area contributed by atoms with Gasteiger partial charge < -0.3 is 4.84 Å². The lowest BCUT2D eigenvalue weighted by Gasteiger charge is -2.17. The molecule has 108 valence electrons. The van der Waals surface area contributed by atoms with Gasteiger partial charge in [-0.15, -0.1) is 0 Å². The van der Waals surface area contributed by atoms with Crippen molar-refractivity contribution < 1.29 is 19.2 Å². The van der Waals surface area contributed by atoms with E-state index in [4.69, 9.17) is 4.84 Å². The van der Waals surface area contributed by atoms with Crippen LogP contribution in [-0.4, -0.2) is 22.8 Å². The Bertz CT molecular complexity index is 590. The van der Waals surface area contributed by atoms with Gasteiger partial charge >= 0.3 is 5.97 Å². The summed E-state index contributed by atoms with van der Waals surface area (Å²) in [6.07, 6.45) is 7.05. The number of carbonyl (C=O) groups excluding carboxylic acids is 3. The molecule has 0 spiro atoms. The lowest BCUT2D eigenvalue weighted by Crippen LogP contribution is -2.35. The maximum atomic E-state index is 12.2. The summed E-state index contributed by atoms with van der Waals surface area (Å²) in [5.74, 6) is -1.93. The van der Waals surface area contributed by atoms with Gasteiger partial charge in [-0.25, -0.2) is 4.79 Å². The molecule has 3 rings (SSSR count). The highest BCUT2D eigenvalue weighted by Gasteiger charge is 2.39. The number of imide groups is 1. The second kappa shape index (κ2) is 5.52. The first kappa shape index (κ1) is 13.5. The van der Waals surface area contributed by atoms with Crippen LogP contribution in [0.2, 0.25) is 0 Å². The predicted octanol–water partition coefficient (Wildman–Crippen LogP) is 2.49. The van der Waals surface area contributed by atoms with E-state index < -0.39 is 17.8 Å². The number of allylic oxidation sites excluding steroid dienone is 2. The average molecular weight is 285 g/mol. The first-order valence-electron chi connectivity index (χ1n) is 7.03. The molecule has 1 aliphatic carbocycles. The van der Waals surface area contributed by atoms with Crippen LogP contribution in [-0.2, 0) is 9.63 Å². The quantitative estimate of drug-likeness (QED) is 0.618. The van der Waals surface area contributed by atoms with Crippen LogP contribution in [0.1, 0.15) is 46.4 Å². The molecule has 0 unspecified atom stereocenters. The van der Waals surface area contributed by atoms with Gasteiger partial charge in [0, 0.05) is 0 Å². The van der Waals surface area contributed by atoms with Crippen molar-refractivity contribution in [3.05, 3.63) is 47.5 Å². The fourth-order valence-electron chi connectivity index (χ4n) is 2.63. The zero-order valence-electron chi connectivity index (χ0n) is 11.5. The molecule has 0 bridgehead atoms. The summed E-state index contributed by atoms with van der Waals surface area (Å²) in [5, 5.41) is 0.589. The normalized spacial score (nSPS) is 18.6. The van der Waals surface area contributed by atoms with Crippen molar-refractivity contribution >= 4 is 17.8 Å². The van der Waals surface area contributed by atoms with E-state index in [1.807, 2.05) is 12.2 Å². The predicted molar refractivity (Wildman–Crippen MR) is 74.1 cm³/mol. The lowest BCUT2D eigenvalue weighted by molar-refractivity contribution is -0.174. The van der Waals surface area contributed by atoms with Crippen molar-refractivity contribution in [2.24, 2.45) is 5.92 Å². The van der Waals surface area contributed by atoms with Gasteiger partial charge in [0.25, 0.3) is 11.8 Å². The van der Waals surface area contributed by atoms with Crippen molar-refractivity contribution in [2.75, 3.05) is 0 Å². The van der Waals surface area contributed by atoms with Crippen molar-refractivity contribution in [2.45, 2.75) is 25.7 Å². The molecule has 2 amide bonds. The Morgan fingerprint density at radius 3 is 2.05 bits per heavy atom. The highest BCUT2D eigenvalue weighted by molar-refractivity contribution is 6.20. The molecule has 0 N–H and O–H groups in total. The summed E-state index contributed by atoms with van der Waals surface area (Å²) < 4.78 is 0. The summed E-state index contributed by atoms with van der Waals surface area (Å²) in [6.45, 7) is 0. The molecular formula is C16H15NO4. The van der Waals surface area contributed by atoms with Gasteiger partial charge in [-0.2, -0.15) is 0 Å². The molecule has 0 aromatic heterocycles. The molecule has 0 atom stereocenters. The second-order valence-corrected chi connectivity index (χ2v) is 5.18. The Morgan fingerprint density at radius 2 is 1.52 bits per heavy atom. The van der Waals surface area contributed by atoms with Gasteiger partial charge in [-0.1, -0.05) is 29.3 Å². The van der Waals surface area contributed by atoms with Crippen LogP contribution in [0.5, 0.6) is 0 Å². The van der Waals surface area contributed by atoms with Crippen molar-refractivity contribution in [1.29, 1.82) is 0 Å². The third-order valence-electron chi connectivity index (χ3n) is 3.80. The summed E-state index contributed by atoms with van der Waals surface area (Å²) in [7, 11) is 0. The molecule has 1 aromatic carbocycles. The Balaban J connectivity index is 1.73. The van der Waals surface area contributed by atoms with E-state index in [2.05, 4.69) is 0 Å². The Hall–Kier alpha value is -2.43. The maximum Gasteiger partial charge on any atom is 0.336 e. The molecule has 0 fully saturated rings. The number of hydroxylamine groups is 2. The highest BCUT2D eigenvalue weighted by atomic mass is 16.7. The summed E-state index contributed by atoms with van der Waals surface area (Å²) in [5.41, 5.74) is 0.552. The van der Waals surface area contributed by atoms with Gasteiger partial charge in [0.2, 0.25) is 0 Å². The standard InChI is InChI=1S/C16H15NO4/c18-14-12-9-5-6-10-13(12)15(19)17(14)21-16(20)11-7-3-1-2-4-8-11/h1-2,5-6,9-11H,3-4,7-8H2. The van der Waals surface area contributed by atoms with E-state index in [1.54, 1.807) is 24.3 Å². The Labute approximate surface area is 122 Å². The summed E-state index contributed by atoms with van der Waals surface area (Å²) in [6, 6.07) is 6.45. The molecule has 0 saturated carbocycles. The Kier molecular flexibility index (Phi) is 3.56. The average Bonchev–Trinajstić information content (AvgIpc) is 2.72. The minimum Gasteiger partial charge on any atom is -0.329 e. The smallest absolute Gasteiger partial charge is 0.329 e. The second-order valence-electron chi connectivity index (χ2n) is 5.18. The molecule has 5 nitrogen and oxygen atoms in total. The molecule has 0 saturated heterocycles. The molecule has 2 aliphatic rings. The summed E-state index contributed by atoms with van der Waals surface area (Å²) >= 11 is 0. The minimum absolute atomic E-state index is 0.274. The summed E-state index contributed by atoms with van der Waals surface area (Å²) in [4.78, 5) is 41.5. The molecule has 5 heteroatoms. The van der Waals surface area contributed by atoms with Crippen LogP contribution in [0.15, 0.2) is 36.4 Å². The van der Waals surface area contributed by atoms with E-state index in [9.17, 15) is 14.4 Å². The molecule has 1 heterocycles. The van der Waals surface area contributed by atoms with Crippen molar-refractivity contribution in [3.63, 3.8) is 0 Å². The van der Waals surface area contributed by atoms with Gasteiger partial charge in [0.05, 0.1) is 17.0 Å². The monoisotopic (exact) mass is 285 g/mol. The SMILES string of the molecule is O=C(ON1C(=O)c2ccccc2C1=O)C1CCC=CCC1. The maximum absolute atomic E-state index is 12.2. The fraction of sp³-hybridized carbons (Fsp3) is 0.312. The number of rotatable bonds is 2. The third-order valence-corrected chi connectivity index (χ3v) is 3.80. The number of hydrogen-bond donors (Lipinski definition) is 0.